The standard InChI is InChI=1S/C9H3FN/c1-2-7-4-3-5-8(6-11)9(7)10/h3-5H. The number of hydrogen-bond acceptors (Lipinski definition) is 1. The lowest BCUT2D eigenvalue weighted by Crippen LogP contribution is -1.87. The normalized spacial score (nSPS) is 8.27. The van der Waals surface area contributed by atoms with E-state index in [0.29, 0.717) is 0 Å². The summed E-state index contributed by atoms with van der Waals surface area (Å²) in [5.74, 6) is 1.22. The Balaban J connectivity index is 3.38. The van der Waals surface area contributed by atoms with Crippen molar-refractivity contribution in [2.45, 2.75) is 0 Å². The molecule has 1 nitrogen and oxygen atoms in total. The molecule has 1 aromatic carbocycles. The molecule has 0 aliphatic carbocycles. The van der Waals surface area contributed by atoms with E-state index < -0.39 is 5.82 Å². The fourth-order valence-electron chi connectivity index (χ4n) is 0.715. The lowest BCUT2D eigenvalue weighted by molar-refractivity contribution is 0.620. The quantitative estimate of drug-likeness (QED) is 0.508. The highest BCUT2D eigenvalue weighted by atomic mass is 19.1. The van der Waals surface area contributed by atoms with Crippen LogP contribution in [-0.4, -0.2) is 0 Å². The second-order valence-electron chi connectivity index (χ2n) is 1.90. The molecule has 0 spiro atoms. The molecule has 0 aliphatic rings. The highest BCUT2D eigenvalue weighted by molar-refractivity contribution is 5.41. The highest BCUT2D eigenvalue weighted by Crippen LogP contribution is 2.09. The Morgan fingerprint density at radius 1 is 1.36 bits per heavy atom. The van der Waals surface area contributed by atoms with E-state index in [9.17, 15) is 4.39 Å². The van der Waals surface area contributed by atoms with Gasteiger partial charge in [0.05, 0.1) is 11.1 Å². The third kappa shape index (κ3) is 1.20. The molecule has 0 fully saturated rings. The van der Waals surface area contributed by atoms with Gasteiger partial charge in [-0.3, -0.25) is 0 Å². The molecule has 51 valence electrons. The maximum absolute atomic E-state index is 12.9. The van der Waals surface area contributed by atoms with Crippen LogP contribution in [-0.2, 0) is 0 Å². The number of halogens is 1. The van der Waals surface area contributed by atoms with E-state index in [1.54, 1.807) is 6.07 Å². The zero-order chi connectivity index (χ0) is 8.27. The summed E-state index contributed by atoms with van der Waals surface area (Å²) in [6.07, 6.45) is 6.66. The van der Waals surface area contributed by atoms with Gasteiger partial charge in [-0.2, -0.15) is 5.26 Å². The molecule has 0 atom stereocenters. The minimum Gasteiger partial charge on any atom is -0.204 e. The average molecular weight is 144 g/mol. The Kier molecular flexibility index (Phi) is 1.90. The first kappa shape index (κ1) is 7.31. The molecule has 0 heterocycles. The van der Waals surface area contributed by atoms with Crippen LogP contribution in [0, 0.1) is 29.5 Å². The number of nitriles is 1. The van der Waals surface area contributed by atoms with Crippen molar-refractivity contribution in [2.75, 3.05) is 0 Å². The van der Waals surface area contributed by atoms with Crippen LogP contribution in [0.25, 0.3) is 0 Å². The zero-order valence-corrected chi connectivity index (χ0v) is 5.56. The number of rotatable bonds is 0. The molecule has 0 bridgehead atoms. The Morgan fingerprint density at radius 2 is 2.00 bits per heavy atom. The summed E-state index contributed by atoms with van der Waals surface area (Å²) in [6.45, 7) is 0. The van der Waals surface area contributed by atoms with Crippen LogP contribution < -0.4 is 0 Å². The molecule has 1 rings (SSSR count). The molecule has 0 unspecified atom stereocenters. The van der Waals surface area contributed by atoms with Crippen LogP contribution in [0.2, 0.25) is 0 Å². The van der Waals surface area contributed by atoms with Crippen LogP contribution in [0.15, 0.2) is 18.2 Å². The third-order valence-electron chi connectivity index (χ3n) is 1.25. The molecule has 0 saturated carbocycles. The zero-order valence-electron chi connectivity index (χ0n) is 5.56. The van der Waals surface area contributed by atoms with Crippen molar-refractivity contribution in [2.24, 2.45) is 0 Å². The van der Waals surface area contributed by atoms with E-state index in [1.807, 2.05) is 5.92 Å². The maximum Gasteiger partial charge on any atom is 0.156 e. The number of hydrogen-bond donors (Lipinski definition) is 0. The Labute approximate surface area is 64.1 Å². The largest absolute Gasteiger partial charge is 0.204 e. The van der Waals surface area contributed by atoms with Crippen molar-refractivity contribution in [1.29, 1.82) is 5.26 Å². The van der Waals surface area contributed by atoms with E-state index >= 15 is 0 Å². The van der Waals surface area contributed by atoms with E-state index in [0.717, 1.165) is 0 Å². The second-order valence-corrected chi connectivity index (χ2v) is 1.90. The smallest absolute Gasteiger partial charge is 0.156 e. The predicted octanol–water partition coefficient (Wildman–Crippen LogP) is 1.64. The molecule has 11 heavy (non-hydrogen) atoms. The first-order valence-corrected chi connectivity index (χ1v) is 2.91. The van der Waals surface area contributed by atoms with Crippen LogP contribution in [0.3, 0.4) is 0 Å². The molecule has 1 radical (unpaired) electrons. The van der Waals surface area contributed by atoms with Crippen LogP contribution in [0.1, 0.15) is 11.1 Å². The van der Waals surface area contributed by atoms with Crippen molar-refractivity contribution in [3.05, 3.63) is 41.6 Å². The van der Waals surface area contributed by atoms with Crippen molar-refractivity contribution in [3.8, 4) is 12.0 Å². The summed E-state index contributed by atoms with van der Waals surface area (Å²) >= 11 is 0. The summed E-state index contributed by atoms with van der Waals surface area (Å²) in [5, 5.41) is 8.36. The number of nitrogens with zero attached hydrogens (tertiary/aromatic N) is 1. The van der Waals surface area contributed by atoms with Gasteiger partial charge in [0.15, 0.2) is 5.82 Å². The van der Waals surface area contributed by atoms with Crippen LogP contribution in [0.4, 0.5) is 4.39 Å². The monoisotopic (exact) mass is 144 g/mol. The summed E-state index contributed by atoms with van der Waals surface area (Å²) < 4.78 is 12.9. The molecular formula is C9H3FN. The van der Waals surface area contributed by atoms with Crippen molar-refractivity contribution in [1.82, 2.24) is 0 Å². The molecule has 1 aromatic rings. The maximum atomic E-state index is 12.9. The van der Waals surface area contributed by atoms with Gasteiger partial charge < -0.3 is 0 Å². The lowest BCUT2D eigenvalue weighted by atomic mass is 10.1. The van der Waals surface area contributed by atoms with E-state index in [2.05, 4.69) is 0 Å². The minimum atomic E-state index is -0.676. The Hall–Kier alpha value is -1.80. The fourth-order valence-corrected chi connectivity index (χ4v) is 0.715. The molecule has 2 heteroatoms. The van der Waals surface area contributed by atoms with E-state index in [4.69, 9.17) is 11.7 Å². The van der Waals surface area contributed by atoms with Gasteiger partial charge >= 0.3 is 0 Å². The molecule has 0 amide bonds. The van der Waals surface area contributed by atoms with Gasteiger partial charge in [-0.05, 0) is 24.5 Å². The van der Waals surface area contributed by atoms with Crippen molar-refractivity contribution >= 4 is 0 Å². The van der Waals surface area contributed by atoms with Gasteiger partial charge in [0.1, 0.15) is 6.07 Å². The second kappa shape index (κ2) is 2.86. The Morgan fingerprint density at radius 3 is 2.55 bits per heavy atom. The summed E-state index contributed by atoms with van der Waals surface area (Å²) in [4.78, 5) is 0. The molecule has 0 aromatic heterocycles. The SMILES string of the molecule is [C]#Cc1cccc(C#N)c1F. The van der Waals surface area contributed by atoms with Crippen molar-refractivity contribution < 1.29 is 4.39 Å². The van der Waals surface area contributed by atoms with Gasteiger partial charge in [-0.1, -0.05) is 6.07 Å². The van der Waals surface area contributed by atoms with Gasteiger partial charge in [0.2, 0.25) is 0 Å². The van der Waals surface area contributed by atoms with Crippen molar-refractivity contribution in [3.63, 3.8) is 0 Å². The first-order chi connectivity index (χ1) is 5.29. The molecule has 0 N–H and O–H groups in total. The van der Waals surface area contributed by atoms with Gasteiger partial charge in [0.25, 0.3) is 0 Å². The molecular weight excluding hydrogens is 141 g/mol. The Bertz CT molecular complexity index is 323. The fraction of sp³-hybridized carbons (Fsp3) is 0. The summed E-state index contributed by atoms with van der Waals surface area (Å²) in [7, 11) is 0. The van der Waals surface area contributed by atoms with Crippen LogP contribution in [0.5, 0.6) is 0 Å². The first-order valence-electron chi connectivity index (χ1n) is 2.91. The van der Waals surface area contributed by atoms with Gasteiger partial charge in [-0.15, -0.1) is 0 Å². The summed E-state index contributed by atoms with van der Waals surface area (Å²) in [5.41, 5.74) is -0.0358. The van der Waals surface area contributed by atoms with Gasteiger partial charge in [-0.25, -0.2) is 4.39 Å². The van der Waals surface area contributed by atoms with Gasteiger partial charge in [0, 0.05) is 0 Å². The van der Waals surface area contributed by atoms with E-state index in [-0.39, 0.29) is 11.1 Å². The minimum absolute atomic E-state index is 0.0176. The highest BCUT2D eigenvalue weighted by Gasteiger charge is 2.03. The third-order valence-corrected chi connectivity index (χ3v) is 1.25. The molecule has 0 aliphatic heterocycles. The lowest BCUT2D eigenvalue weighted by Gasteiger charge is -1.93. The summed E-state index contributed by atoms with van der Waals surface area (Å²) in [6, 6.07) is 5.93. The topological polar surface area (TPSA) is 23.8 Å². The predicted molar refractivity (Wildman–Crippen MR) is 37.3 cm³/mol. The van der Waals surface area contributed by atoms with E-state index in [1.165, 1.54) is 18.2 Å². The average Bonchev–Trinajstić information content (AvgIpc) is 2.05. The number of benzene rings is 1. The van der Waals surface area contributed by atoms with Crippen LogP contribution >= 0.6 is 0 Å². The molecule has 0 saturated heterocycles.